The molecule has 4 N–H and O–H groups in total. The summed E-state index contributed by atoms with van der Waals surface area (Å²) in [7, 11) is 0. The van der Waals surface area contributed by atoms with Crippen LogP contribution < -0.4 is 20.8 Å². The lowest BCUT2D eigenvalue weighted by atomic mass is 10.1. The van der Waals surface area contributed by atoms with Gasteiger partial charge in [0.1, 0.15) is 5.39 Å². The fourth-order valence-corrected chi connectivity index (χ4v) is 2.31. The predicted molar refractivity (Wildman–Crippen MR) is 80.6 cm³/mol. The van der Waals surface area contributed by atoms with Crippen LogP contribution in [-0.2, 0) is 0 Å². The maximum Gasteiger partial charge on any atom is 0.311 e. The van der Waals surface area contributed by atoms with Crippen LogP contribution in [0, 0.1) is 5.21 Å². The SMILES string of the molecule is CCNc1ccc(NCC)c2c1c(NCC)[n+]([O-])n2O. The molecule has 1 aromatic carbocycles. The molecular weight excluding hydrogens is 258 g/mol. The number of anilines is 3. The van der Waals surface area contributed by atoms with E-state index in [0.29, 0.717) is 39.5 Å². The Balaban J connectivity index is 2.77. The van der Waals surface area contributed by atoms with Crippen molar-refractivity contribution in [2.45, 2.75) is 20.8 Å². The lowest BCUT2D eigenvalue weighted by Gasteiger charge is -2.09. The van der Waals surface area contributed by atoms with Gasteiger partial charge in [-0.3, -0.25) is 5.32 Å². The van der Waals surface area contributed by atoms with E-state index in [9.17, 15) is 10.4 Å². The second-order valence-corrected chi connectivity index (χ2v) is 4.39. The van der Waals surface area contributed by atoms with Crippen LogP contribution >= 0.6 is 0 Å². The number of hydrogen-bond donors (Lipinski definition) is 4. The Kier molecular flexibility index (Phi) is 4.07. The van der Waals surface area contributed by atoms with Crippen molar-refractivity contribution in [3.05, 3.63) is 17.3 Å². The van der Waals surface area contributed by atoms with Gasteiger partial charge in [0.05, 0.1) is 17.9 Å². The third kappa shape index (κ3) is 2.15. The van der Waals surface area contributed by atoms with Gasteiger partial charge in [0.25, 0.3) is 0 Å². The summed E-state index contributed by atoms with van der Waals surface area (Å²) in [4.78, 5) is 1.10. The van der Waals surface area contributed by atoms with Crippen molar-refractivity contribution >= 4 is 28.1 Å². The molecule has 0 amide bonds. The monoisotopic (exact) mass is 279 g/mol. The normalized spacial score (nSPS) is 10.8. The first kappa shape index (κ1) is 14.1. The molecule has 0 spiro atoms. The van der Waals surface area contributed by atoms with Crippen LogP contribution in [0.4, 0.5) is 17.2 Å². The quantitative estimate of drug-likeness (QED) is 0.368. The van der Waals surface area contributed by atoms with E-state index in [1.54, 1.807) is 0 Å². The van der Waals surface area contributed by atoms with Crippen LogP contribution in [-0.4, -0.2) is 29.7 Å². The summed E-state index contributed by atoms with van der Waals surface area (Å²) in [5.74, 6) is 0.348. The molecule has 2 aromatic rings. The van der Waals surface area contributed by atoms with Crippen molar-refractivity contribution < 1.29 is 10.1 Å². The van der Waals surface area contributed by atoms with Gasteiger partial charge in [-0.05, 0) is 37.7 Å². The summed E-state index contributed by atoms with van der Waals surface area (Å²) in [6, 6.07) is 3.76. The van der Waals surface area contributed by atoms with Gasteiger partial charge >= 0.3 is 5.82 Å². The van der Waals surface area contributed by atoms with Crippen LogP contribution in [0.25, 0.3) is 10.9 Å². The average molecular weight is 279 g/mol. The standard InChI is InChI=1S/C13H21N5O2/c1-4-14-9-7-8-10(15-5-2)12-11(9)13(16-6-3)18(20)17(12)19/h7-8,14-16,19H,4-6H2,1-3H3. The molecule has 0 aliphatic heterocycles. The van der Waals surface area contributed by atoms with Gasteiger partial charge < -0.3 is 21.0 Å². The Morgan fingerprint density at radius 1 is 1.05 bits per heavy atom. The zero-order chi connectivity index (χ0) is 14.7. The smallest absolute Gasteiger partial charge is 0.311 e. The van der Waals surface area contributed by atoms with Crippen molar-refractivity contribution in [2.75, 3.05) is 35.6 Å². The van der Waals surface area contributed by atoms with Crippen molar-refractivity contribution in [1.29, 1.82) is 0 Å². The van der Waals surface area contributed by atoms with Crippen LogP contribution in [0.1, 0.15) is 20.8 Å². The van der Waals surface area contributed by atoms with Crippen LogP contribution in [0.15, 0.2) is 12.1 Å². The first-order chi connectivity index (χ1) is 9.65. The maximum absolute atomic E-state index is 12.1. The first-order valence-electron chi connectivity index (χ1n) is 6.87. The summed E-state index contributed by atoms with van der Waals surface area (Å²) in [5, 5.41) is 32.2. The highest BCUT2D eigenvalue weighted by molar-refractivity contribution is 6.05. The molecule has 0 fully saturated rings. The Bertz CT molecular complexity index is 609. The molecule has 0 radical (unpaired) electrons. The van der Waals surface area contributed by atoms with Crippen molar-refractivity contribution in [3.63, 3.8) is 0 Å². The topological polar surface area (TPSA) is 88.2 Å². The summed E-state index contributed by atoms with van der Waals surface area (Å²) >= 11 is 0. The Hall–Kier alpha value is -2.31. The molecule has 0 saturated heterocycles. The zero-order valence-electron chi connectivity index (χ0n) is 12.0. The lowest BCUT2D eigenvalue weighted by molar-refractivity contribution is -0.709. The fraction of sp³-hybridized carbons (Fsp3) is 0.462. The number of benzene rings is 1. The lowest BCUT2D eigenvalue weighted by Crippen LogP contribution is -2.38. The second kappa shape index (κ2) is 5.77. The predicted octanol–water partition coefficient (Wildman–Crippen LogP) is 1.81. The molecule has 7 nitrogen and oxygen atoms in total. The molecule has 1 aromatic heterocycles. The molecule has 0 aliphatic carbocycles. The maximum atomic E-state index is 12.1. The van der Waals surface area contributed by atoms with E-state index in [1.807, 2.05) is 32.9 Å². The molecule has 20 heavy (non-hydrogen) atoms. The third-order valence-electron chi connectivity index (χ3n) is 3.06. The summed E-state index contributed by atoms with van der Waals surface area (Å²) in [6.45, 7) is 7.89. The molecule has 0 atom stereocenters. The second-order valence-electron chi connectivity index (χ2n) is 4.39. The Morgan fingerprint density at radius 3 is 2.20 bits per heavy atom. The van der Waals surface area contributed by atoms with Crippen molar-refractivity contribution in [2.24, 2.45) is 0 Å². The van der Waals surface area contributed by atoms with E-state index in [-0.39, 0.29) is 0 Å². The summed E-state index contributed by atoms with van der Waals surface area (Å²) < 4.78 is 0. The zero-order valence-corrected chi connectivity index (χ0v) is 12.0. The minimum Gasteiger partial charge on any atom is -0.690 e. The number of hydrogen-bond acceptors (Lipinski definition) is 5. The van der Waals surface area contributed by atoms with Gasteiger partial charge in [0, 0.05) is 13.1 Å². The van der Waals surface area contributed by atoms with Crippen LogP contribution in [0.3, 0.4) is 0 Å². The number of aromatic nitrogens is 2. The molecule has 2 rings (SSSR count). The largest absolute Gasteiger partial charge is 0.690 e. The number of nitrogens with zero attached hydrogens (tertiary/aromatic N) is 2. The molecule has 0 saturated carbocycles. The van der Waals surface area contributed by atoms with Crippen molar-refractivity contribution in [3.8, 4) is 0 Å². The van der Waals surface area contributed by atoms with Gasteiger partial charge in [-0.25, -0.2) is 0 Å². The van der Waals surface area contributed by atoms with E-state index in [1.165, 1.54) is 0 Å². The van der Waals surface area contributed by atoms with E-state index in [4.69, 9.17) is 0 Å². The minimum absolute atomic E-state index is 0.348. The Labute approximate surface area is 117 Å². The highest BCUT2D eigenvalue weighted by Crippen LogP contribution is 2.34. The molecule has 1 heterocycles. The number of fused-ring (bicyclic) bond motifs is 1. The fourth-order valence-electron chi connectivity index (χ4n) is 2.31. The number of nitrogens with one attached hydrogen (secondary N) is 3. The van der Waals surface area contributed by atoms with E-state index >= 15 is 0 Å². The highest BCUT2D eigenvalue weighted by atomic mass is 16.6. The van der Waals surface area contributed by atoms with Gasteiger partial charge in [-0.2, -0.15) is 0 Å². The molecule has 7 heteroatoms. The Morgan fingerprint density at radius 2 is 1.60 bits per heavy atom. The van der Waals surface area contributed by atoms with Gasteiger partial charge in [-0.15, -0.1) is 4.85 Å². The van der Waals surface area contributed by atoms with Crippen LogP contribution in [0.5, 0.6) is 0 Å². The van der Waals surface area contributed by atoms with Gasteiger partial charge in [0.15, 0.2) is 5.52 Å². The minimum atomic E-state index is 0.348. The average Bonchev–Trinajstić information content (AvgIpc) is 2.68. The molecule has 0 bridgehead atoms. The molecule has 0 aliphatic rings. The first-order valence-corrected chi connectivity index (χ1v) is 6.87. The third-order valence-corrected chi connectivity index (χ3v) is 3.06. The van der Waals surface area contributed by atoms with Crippen molar-refractivity contribution in [1.82, 2.24) is 4.85 Å². The number of rotatable bonds is 6. The van der Waals surface area contributed by atoms with E-state index < -0.39 is 0 Å². The van der Waals surface area contributed by atoms with Crippen LogP contribution in [0.2, 0.25) is 0 Å². The summed E-state index contributed by atoms with van der Waals surface area (Å²) in [5.41, 5.74) is 2.01. The van der Waals surface area contributed by atoms with E-state index in [0.717, 1.165) is 17.9 Å². The molecule has 110 valence electrons. The van der Waals surface area contributed by atoms with Gasteiger partial charge in [-0.1, -0.05) is 0 Å². The van der Waals surface area contributed by atoms with E-state index in [2.05, 4.69) is 16.0 Å². The molecule has 0 unspecified atom stereocenters. The molecular formula is C13H21N5O2. The van der Waals surface area contributed by atoms with Gasteiger partial charge in [0.2, 0.25) is 0 Å². The highest BCUT2D eigenvalue weighted by Gasteiger charge is 2.24. The summed E-state index contributed by atoms with van der Waals surface area (Å²) in [6.07, 6.45) is 0.